The predicted molar refractivity (Wildman–Crippen MR) is 159 cm³/mol. The van der Waals surface area contributed by atoms with Gasteiger partial charge in [-0.2, -0.15) is 0 Å². The van der Waals surface area contributed by atoms with Crippen molar-refractivity contribution in [3.63, 3.8) is 0 Å². The average molecular weight is 532 g/mol. The van der Waals surface area contributed by atoms with E-state index in [0.717, 1.165) is 56.1 Å². The summed E-state index contributed by atoms with van der Waals surface area (Å²) >= 11 is 0. The molecule has 0 aliphatic carbocycles. The molecule has 2 aromatic heterocycles. The lowest BCUT2D eigenvalue weighted by molar-refractivity contribution is 0.0222. The van der Waals surface area contributed by atoms with E-state index in [1.807, 2.05) is 40.1 Å². The van der Waals surface area contributed by atoms with Crippen LogP contribution in [0.4, 0.5) is 4.79 Å². The molecule has 3 aromatic carbocycles. The van der Waals surface area contributed by atoms with Crippen molar-refractivity contribution in [2.45, 2.75) is 45.8 Å². The molecule has 0 spiro atoms. The molecule has 1 saturated heterocycles. The fraction of sp³-hybridized carbons (Fsp3) is 0.242. The first-order valence-electron chi connectivity index (χ1n) is 13.5. The van der Waals surface area contributed by atoms with Crippen LogP contribution < -0.4 is 0 Å². The lowest BCUT2D eigenvalue weighted by Crippen LogP contribution is -2.36. The van der Waals surface area contributed by atoms with Crippen LogP contribution in [0.15, 0.2) is 85.2 Å². The number of benzene rings is 3. The van der Waals surface area contributed by atoms with Crippen molar-refractivity contribution in [2.75, 3.05) is 6.54 Å². The molecule has 1 atom stereocenters. The van der Waals surface area contributed by atoms with Crippen molar-refractivity contribution in [2.24, 2.45) is 0 Å². The number of carbonyl (C=O) groups excluding carboxylic acids is 1. The summed E-state index contributed by atoms with van der Waals surface area (Å²) < 4.78 is 5.63. The smallest absolute Gasteiger partial charge is 0.411 e. The van der Waals surface area contributed by atoms with Gasteiger partial charge in [-0.05, 0) is 73.7 Å². The van der Waals surface area contributed by atoms with Gasteiger partial charge in [0.2, 0.25) is 0 Å². The Kier molecular flexibility index (Phi) is 6.29. The Labute approximate surface area is 233 Å². The van der Waals surface area contributed by atoms with Crippen LogP contribution in [0, 0.1) is 6.92 Å². The second-order valence-electron chi connectivity index (χ2n) is 11.5. The number of imidazole rings is 2. The number of aromatic nitrogens is 4. The number of amides is 1. The third-order valence-corrected chi connectivity index (χ3v) is 7.17. The van der Waals surface area contributed by atoms with Crippen molar-refractivity contribution in [3.05, 3.63) is 96.9 Å². The molecule has 7 nitrogen and oxygen atoms in total. The molecular formula is C33H33N5O2. The number of ether oxygens (including phenoxy) is 1. The van der Waals surface area contributed by atoms with Crippen molar-refractivity contribution < 1.29 is 9.53 Å². The van der Waals surface area contributed by atoms with Gasteiger partial charge in [0.25, 0.3) is 0 Å². The van der Waals surface area contributed by atoms with E-state index >= 15 is 0 Å². The molecule has 1 aliphatic heterocycles. The largest absolute Gasteiger partial charge is 0.444 e. The van der Waals surface area contributed by atoms with E-state index in [9.17, 15) is 4.79 Å². The quantitative estimate of drug-likeness (QED) is 0.231. The summed E-state index contributed by atoms with van der Waals surface area (Å²) in [4.78, 5) is 30.2. The van der Waals surface area contributed by atoms with Crippen LogP contribution >= 0.6 is 0 Å². The Morgan fingerprint density at radius 1 is 0.875 bits per heavy atom. The Morgan fingerprint density at radius 3 is 2.15 bits per heavy atom. The van der Waals surface area contributed by atoms with Gasteiger partial charge in [-0.1, -0.05) is 60.7 Å². The highest BCUT2D eigenvalue weighted by Crippen LogP contribution is 2.36. The summed E-state index contributed by atoms with van der Waals surface area (Å²) in [7, 11) is 0. The van der Waals surface area contributed by atoms with Crippen LogP contribution in [0.5, 0.6) is 0 Å². The number of nitrogens with zero attached hydrogens (tertiary/aromatic N) is 3. The van der Waals surface area contributed by atoms with Gasteiger partial charge in [0.05, 0.1) is 29.8 Å². The lowest BCUT2D eigenvalue weighted by Gasteiger charge is -2.27. The van der Waals surface area contributed by atoms with Crippen molar-refractivity contribution in [1.82, 2.24) is 24.8 Å². The number of aryl methyl sites for hydroxylation is 1. The molecule has 202 valence electrons. The van der Waals surface area contributed by atoms with E-state index in [2.05, 4.69) is 87.2 Å². The zero-order valence-electron chi connectivity index (χ0n) is 23.3. The van der Waals surface area contributed by atoms with Crippen molar-refractivity contribution >= 4 is 16.9 Å². The third-order valence-electron chi connectivity index (χ3n) is 7.17. The first kappa shape index (κ1) is 25.6. The molecule has 2 N–H and O–H groups in total. The highest BCUT2D eigenvalue weighted by molar-refractivity contribution is 5.90. The second-order valence-corrected chi connectivity index (χ2v) is 11.5. The molecule has 1 aliphatic rings. The standard InChI is InChI=1S/C33H33N5O2/c1-20-14-30(38(19-20)32(39)40-33(3,4)5)31-35-18-29(37-31)27-13-12-25-15-24(10-11-26(25)16-27)22-6-8-23(9-7-22)28-17-34-21(2)36-28/h6-13,15-18,30H,1,14,19H2,2-5H3,(H,34,36)(H,35,37). The van der Waals surface area contributed by atoms with Gasteiger partial charge in [-0.3, -0.25) is 4.90 Å². The highest BCUT2D eigenvalue weighted by Gasteiger charge is 2.36. The topological polar surface area (TPSA) is 86.9 Å². The normalized spacial score (nSPS) is 15.7. The summed E-state index contributed by atoms with van der Waals surface area (Å²) in [6.45, 7) is 12.2. The Balaban J connectivity index is 1.22. The highest BCUT2D eigenvalue weighted by atomic mass is 16.6. The Morgan fingerprint density at radius 2 is 1.48 bits per heavy atom. The molecule has 5 aromatic rings. The fourth-order valence-corrected chi connectivity index (χ4v) is 5.21. The van der Waals surface area contributed by atoms with Gasteiger partial charge in [-0.15, -0.1) is 0 Å². The monoisotopic (exact) mass is 531 g/mol. The molecule has 1 unspecified atom stereocenters. The zero-order valence-corrected chi connectivity index (χ0v) is 23.3. The van der Waals surface area contributed by atoms with Gasteiger partial charge >= 0.3 is 6.09 Å². The minimum absolute atomic E-state index is 0.220. The van der Waals surface area contributed by atoms with Crippen LogP contribution in [-0.2, 0) is 4.74 Å². The molecule has 0 bridgehead atoms. The molecule has 0 radical (unpaired) electrons. The average Bonchev–Trinajstić information content (AvgIpc) is 3.67. The summed E-state index contributed by atoms with van der Waals surface area (Å²) in [6, 6.07) is 21.2. The molecule has 0 saturated carbocycles. The predicted octanol–water partition coefficient (Wildman–Crippen LogP) is 7.83. The number of H-pyrrole nitrogens is 2. The summed E-state index contributed by atoms with van der Waals surface area (Å²) in [5, 5.41) is 2.31. The first-order chi connectivity index (χ1) is 19.1. The van der Waals surface area contributed by atoms with Gasteiger partial charge in [0, 0.05) is 12.1 Å². The number of rotatable bonds is 4. The van der Waals surface area contributed by atoms with Gasteiger partial charge in [0.15, 0.2) is 0 Å². The van der Waals surface area contributed by atoms with Crippen LogP contribution in [-0.4, -0.2) is 43.1 Å². The van der Waals surface area contributed by atoms with Crippen LogP contribution in [0.2, 0.25) is 0 Å². The molecule has 1 fully saturated rings. The van der Waals surface area contributed by atoms with Crippen LogP contribution in [0.3, 0.4) is 0 Å². The number of hydrogen-bond acceptors (Lipinski definition) is 4. The van der Waals surface area contributed by atoms with E-state index < -0.39 is 5.60 Å². The lowest BCUT2D eigenvalue weighted by atomic mass is 9.98. The van der Waals surface area contributed by atoms with Gasteiger partial charge in [0.1, 0.15) is 17.2 Å². The maximum absolute atomic E-state index is 12.8. The second kappa shape index (κ2) is 9.83. The van der Waals surface area contributed by atoms with E-state index in [0.29, 0.717) is 13.0 Å². The number of carbonyl (C=O) groups is 1. The van der Waals surface area contributed by atoms with Crippen molar-refractivity contribution in [3.8, 4) is 33.6 Å². The molecule has 3 heterocycles. The fourth-order valence-electron chi connectivity index (χ4n) is 5.21. The number of likely N-dealkylation sites (tertiary alicyclic amines) is 1. The maximum atomic E-state index is 12.8. The Hall–Kier alpha value is -4.65. The summed E-state index contributed by atoms with van der Waals surface area (Å²) in [5.41, 5.74) is 6.84. The third kappa shape index (κ3) is 5.15. The van der Waals surface area contributed by atoms with Crippen molar-refractivity contribution in [1.29, 1.82) is 0 Å². The van der Waals surface area contributed by atoms with E-state index in [1.54, 1.807) is 4.90 Å². The summed E-state index contributed by atoms with van der Waals surface area (Å²) in [5.74, 6) is 1.65. The minimum Gasteiger partial charge on any atom is -0.444 e. The molecule has 6 rings (SSSR count). The maximum Gasteiger partial charge on any atom is 0.411 e. The SMILES string of the molecule is C=C1CC(c2ncc(-c3ccc4cc(-c5ccc(-c6cnc(C)[nH]6)cc5)ccc4c3)[nH]2)N(C(=O)OC(C)(C)C)C1. The van der Waals surface area contributed by atoms with E-state index in [1.165, 1.54) is 5.56 Å². The summed E-state index contributed by atoms with van der Waals surface area (Å²) in [6.07, 6.45) is 4.01. The number of fused-ring (bicyclic) bond motifs is 1. The van der Waals surface area contributed by atoms with Crippen LogP contribution in [0.1, 0.15) is 44.9 Å². The first-order valence-corrected chi connectivity index (χ1v) is 13.5. The minimum atomic E-state index is -0.562. The van der Waals surface area contributed by atoms with Crippen LogP contribution in [0.25, 0.3) is 44.4 Å². The molecular weight excluding hydrogens is 498 g/mol. The van der Waals surface area contributed by atoms with E-state index in [-0.39, 0.29) is 12.1 Å². The zero-order chi connectivity index (χ0) is 28.0. The van der Waals surface area contributed by atoms with E-state index in [4.69, 9.17) is 4.74 Å². The molecule has 7 heteroatoms. The number of aromatic amines is 2. The molecule has 1 amide bonds. The Bertz CT molecular complexity index is 1720. The van der Waals surface area contributed by atoms with Gasteiger partial charge in [-0.25, -0.2) is 14.8 Å². The molecule has 40 heavy (non-hydrogen) atoms. The number of nitrogens with one attached hydrogen (secondary N) is 2. The van der Waals surface area contributed by atoms with Gasteiger partial charge < -0.3 is 14.7 Å². The number of hydrogen-bond donors (Lipinski definition) is 2.